The first-order chi connectivity index (χ1) is 10.1. The van der Waals surface area contributed by atoms with E-state index in [2.05, 4.69) is 10.5 Å². The van der Waals surface area contributed by atoms with E-state index in [-0.39, 0.29) is 12.5 Å². The lowest BCUT2D eigenvalue weighted by molar-refractivity contribution is -0.123. The fourth-order valence-corrected chi connectivity index (χ4v) is 1.85. The van der Waals surface area contributed by atoms with Crippen molar-refractivity contribution < 1.29 is 9.53 Å². The third-order valence-electron chi connectivity index (χ3n) is 2.61. The van der Waals surface area contributed by atoms with Crippen LogP contribution in [0.5, 0.6) is 5.75 Å². The molecule has 0 atom stereocenters. The van der Waals surface area contributed by atoms with Gasteiger partial charge >= 0.3 is 0 Å². The number of aryl methyl sites for hydroxylation is 1. The summed E-state index contributed by atoms with van der Waals surface area (Å²) in [6.07, 6.45) is 1.52. The maximum absolute atomic E-state index is 11.6. The van der Waals surface area contributed by atoms with Crippen LogP contribution < -0.4 is 10.2 Å². The van der Waals surface area contributed by atoms with Gasteiger partial charge in [-0.1, -0.05) is 35.9 Å². The Morgan fingerprint density at radius 2 is 2.10 bits per heavy atom. The second kappa shape index (κ2) is 7.45. The van der Waals surface area contributed by atoms with E-state index in [1.165, 1.54) is 6.21 Å². The summed E-state index contributed by atoms with van der Waals surface area (Å²) in [5, 5.41) is 4.47. The Labute approximate surface area is 128 Å². The molecule has 2 rings (SSSR count). The van der Waals surface area contributed by atoms with Crippen LogP contribution in [-0.2, 0) is 4.79 Å². The number of hydrazone groups is 1. The van der Waals surface area contributed by atoms with E-state index in [0.29, 0.717) is 10.8 Å². The van der Waals surface area contributed by atoms with E-state index in [0.717, 1.165) is 11.1 Å². The van der Waals surface area contributed by atoms with Gasteiger partial charge in [-0.3, -0.25) is 4.79 Å². The van der Waals surface area contributed by atoms with E-state index in [4.69, 9.17) is 16.3 Å². The van der Waals surface area contributed by atoms with Crippen molar-refractivity contribution >= 4 is 23.7 Å². The fourth-order valence-electron chi connectivity index (χ4n) is 1.65. The Morgan fingerprint density at radius 3 is 2.86 bits per heavy atom. The van der Waals surface area contributed by atoms with Crippen LogP contribution in [-0.4, -0.2) is 18.7 Å². The van der Waals surface area contributed by atoms with Crippen LogP contribution in [0.2, 0.25) is 5.02 Å². The third-order valence-corrected chi connectivity index (χ3v) is 2.85. The number of nitrogens with zero attached hydrogens (tertiary/aromatic N) is 1. The van der Waals surface area contributed by atoms with Crippen LogP contribution in [0.1, 0.15) is 11.1 Å². The van der Waals surface area contributed by atoms with Gasteiger partial charge in [0.25, 0.3) is 5.91 Å². The highest BCUT2D eigenvalue weighted by Crippen LogP contribution is 2.12. The first kappa shape index (κ1) is 15.1. The van der Waals surface area contributed by atoms with Gasteiger partial charge in [0.2, 0.25) is 0 Å². The Bertz CT molecular complexity index is 656. The maximum Gasteiger partial charge on any atom is 0.277 e. The fraction of sp³-hybridized carbons (Fsp3) is 0.125. The third kappa shape index (κ3) is 5.28. The zero-order valence-corrected chi connectivity index (χ0v) is 12.3. The van der Waals surface area contributed by atoms with Crippen LogP contribution in [0.15, 0.2) is 53.6 Å². The molecule has 0 fully saturated rings. The number of rotatable bonds is 5. The maximum atomic E-state index is 11.6. The van der Waals surface area contributed by atoms with E-state index in [9.17, 15) is 4.79 Å². The number of halogens is 1. The minimum Gasteiger partial charge on any atom is -0.484 e. The highest BCUT2D eigenvalue weighted by molar-refractivity contribution is 6.30. The molecule has 2 aromatic rings. The Kier molecular flexibility index (Phi) is 5.35. The van der Waals surface area contributed by atoms with Crippen LogP contribution in [0, 0.1) is 6.92 Å². The zero-order chi connectivity index (χ0) is 15.1. The monoisotopic (exact) mass is 302 g/mol. The number of hydrogen-bond acceptors (Lipinski definition) is 3. The summed E-state index contributed by atoms with van der Waals surface area (Å²) in [5.41, 5.74) is 4.28. The Morgan fingerprint density at radius 1 is 1.29 bits per heavy atom. The normalized spacial score (nSPS) is 10.6. The van der Waals surface area contributed by atoms with Crippen LogP contribution >= 0.6 is 11.6 Å². The Hall–Kier alpha value is -2.33. The standard InChI is InChI=1S/C16H15ClN2O2/c1-12-4-2-7-15(8-12)21-11-16(20)19-18-10-13-5-3-6-14(17)9-13/h2-10H,11H2,1H3,(H,19,20)/b18-10+. The zero-order valence-electron chi connectivity index (χ0n) is 11.5. The van der Waals surface area contributed by atoms with Crippen molar-refractivity contribution in [1.29, 1.82) is 0 Å². The molecule has 21 heavy (non-hydrogen) atoms. The molecule has 2 aromatic carbocycles. The minimum atomic E-state index is -0.324. The number of benzene rings is 2. The minimum absolute atomic E-state index is 0.0870. The molecule has 4 nitrogen and oxygen atoms in total. The van der Waals surface area contributed by atoms with Gasteiger partial charge in [-0.15, -0.1) is 0 Å². The summed E-state index contributed by atoms with van der Waals surface area (Å²) >= 11 is 5.85. The van der Waals surface area contributed by atoms with Gasteiger partial charge < -0.3 is 4.74 Å². The highest BCUT2D eigenvalue weighted by Gasteiger charge is 2.01. The second-order valence-electron chi connectivity index (χ2n) is 4.45. The topological polar surface area (TPSA) is 50.7 Å². The number of carbonyl (C=O) groups excluding carboxylic acids is 1. The molecule has 1 amide bonds. The summed E-state index contributed by atoms with van der Waals surface area (Å²) in [6, 6.07) is 14.7. The lowest BCUT2D eigenvalue weighted by Crippen LogP contribution is -2.24. The molecule has 0 aliphatic rings. The molecule has 0 bridgehead atoms. The molecule has 108 valence electrons. The molecular formula is C16H15ClN2O2. The van der Waals surface area contributed by atoms with Crippen molar-refractivity contribution in [2.75, 3.05) is 6.61 Å². The number of nitrogens with one attached hydrogen (secondary N) is 1. The average molecular weight is 303 g/mol. The molecule has 0 saturated carbocycles. The molecule has 0 radical (unpaired) electrons. The summed E-state index contributed by atoms with van der Waals surface area (Å²) in [4.78, 5) is 11.6. The van der Waals surface area contributed by atoms with Gasteiger partial charge in [0.15, 0.2) is 6.61 Å². The van der Waals surface area contributed by atoms with E-state index in [1.807, 2.05) is 37.3 Å². The first-order valence-corrected chi connectivity index (χ1v) is 6.78. The summed E-state index contributed by atoms with van der Waals surface area (Å²) in [6.45, 7) is 1.87. The van der Waals surface area contributed by atoms with Gasteiger partial charge in [-0.05, 0) is 42.3 Å². The van der Waals surface area contributed by atoms with E-state index in [1.54, 1.807) is 18.2 Å². The van der Waals surface area contributed by atoms with Crippen molar-refractivity contribution in [2.45, 2.75) is 6.92 Å². The van der Waals surface area contributed by atoms with E-state index < -0.39 is 0 Å². The summed E-state index contributed by atoms with van der Waals surface area (Å²) in [5.74, 6) is 0.332. The highest BCUT2D eigenvalue weighted by atomic mass is 35.5. The van der Waals surface area contributed by atoms with Crippen molar-refractivity contribution in [3.63, 3.8) is 0 Å². The molecular weight excluding hydrogens is 288 g/mol. The molecule has 0 aliphatic heterocycles. The first-order valence-electron chi connectivity index (χ1n) is 6.40. The van der Waals surface area contributed by atoms with Crippen LogP contribution in [0.3, 0.4) is 0 Å². The quantitative estimate of drug-likeness (QED) is 0.681. The summed E-state index contributed by atoms with van der Waals surface area (Å²) < 4.78 is 5.36. The van der Waals surface area contributed by atoms with Crippen LogP contribution in [0.4, 0.5) is 0 Å². The number of hydrogen-bond donors (Lipinski definition) is 1. The average Bonchev–Trinajstić information content (AvgIpc) is 2.45. The smallest absolute Gasteiger partial charge is 0.277 e. The van der Waals surface area contributed by atoms with Gasteiger partial charge in [0, 0.05) is 5.02 Å². The van der Waals surface area contributed by atoms with Crippen molar-refractivity contribution in [1.82, 2.24) is 5.43 Å². The van der Waals surface area contributed by atoms with Gasteiger partial charge in [-0.25, -0.2) is 5.43 Å². The molecule has 0 saturated heterocycles. The molecule has 0 spiro atoms. The summed E-state index contributed by atoms with van der Waals surface area (Å²) in [7, 11) is 0. The predicted octanol–water partition coefficient (Wildman–Crippen LogP) is 3.18. The Balaban J connectivity index is 1.80. The lowest BCUT2D eigenvalue weighted by atomic mass is 10.2. The SMILES string of the molecule is Cc1cccc(OCC(=O)N/N=C/c2cccc(Cl)c2)c1. The molecule has 0 unspecified atom stereocenters. The second-order valence-corrected chi connectivity index (χ2v) is 4.89. The molecule has 1 N–H and O–H groups in total. The number of carbonyl (C=O) groups is 1. The van der Waals surface area contributed by atoms with Gasteiger partial charge in [-0.2, -0.15) is 5.10 Å². The van der Waals surface area contributed by atoms with Crippen molar-refractivity contribution in [3.05, 3.63) is 64.7 Å². The molecule has 0 heterocycles. The lowest BCUT2D eigenvalue weighted by Gasteiger charge is -2.05. The van der Waals surface area contributed by atoms with Gasteiger partial charge in [0.05, 0.1) is 6.21 Å². The van der Waals surface area contributed by atoms with Gasteiger partial charge in [0.1, 0.15) is 5.75 Å². The van der Waals surface area contributed by atoms with Crippen LogP contribution in [0.25, 0.3) is 0 Å². The van der Waals surface area contributed by atoms with E-state index >= 15 is 0 Å². The largest absolute Gasteiger partial charge is 0.484 e. The number of ether oxygens (including phenoxy) is 1. The molecule has 0 aromatic heterocycles. The predicted molar refractivity (Wildman–Crippen MR) is 83.9 cm³/mol. The molecule has 5 heteroatoms. The van der Waals surface area contributed by atoms with Crippen molar-refractivity contribution in [3.8, 4) is 5.75 Å². The van der Waals surface area contributed by atoms with Crippen molar-refractivity contribution in [2.24, 2.45) is 5.10 Å². The number of amides is 1. The molecule has 0 aliphatic carbocycles.